The quantitative estimate of drug-likeness (QED) is 0.0235. The van der Waals surface area contributed by atoms with Crippen molar-refractivity contribution in [1.82, 2.24) is 5.32 Å². The Morgan fingerprint density at radius 3 is 1.60 bits per heavy atom. The molecule has 0 fully saturated rings. The number of rotatable bonds is 39. The van der Waals surface area contributed by atoms with Crippen LogP contribution in [-0.2, 0) is 18.4 Å². The Balaban J connectivity index is 4.41. The van der Waals surface area contributed by atoms with Gasteiger partial charge < -0.3 is 26.2 Å². The highest BCUT2D eigenvalue weighted by Gasteiger charge is 2.27. The summed E-state index contributed by atoms with van der Waals surface area (Å²) in [4.78, 5) is 22.7. The first kappa shape index (κ1) is 51.4. The SMILES string of the molecule is CCCCC/C=C\CCCCCC(O)CC(=O)NC(COP(=O)(O)OCCN)C(O)/C=C/CC/C=C/CC/C=C/CCCCCCCCCCCCC. The van der Waals surface area contributed by atoms with Crippen LogP contribution < -0.4 is 11.1 Å². The van der Waals surface area contributed by atoms with Gasteiger partial charge in [0.2, 0.25) is 5.91 Å². The van der Waals surface area contributed by atoms with Crippen LogP contribution in [0.1, 0.15) is 181 Å². The van der Waals surface area contributed by atoms with Crippen LogP contribution in [0.2, 0.25) is 0 Å². The molecule has 0 aliphatic carbocycles. The third-order valence-corrected chi connectivity index (χ3v) is 10.1. The van der Waals surface area contributed by atoms with E-state index in [4.69, 9.17) is 14.8 Å². The summed E-state index contributed by atoms with van der Waals surface area (Å²) in [5, 5.41) is 23.9. The number of aliphatic hydroxyl groups excluding tert-OH is 2. The van der Waals surface area contributed by atoms with Crippen LogP contribution in [0, 0.1) is 0 Å². The maximum atomic E-state index is 12.7. The van der Waals surface area contributed by atoms with Crippen LogP contribution in [0.3, 0.4) is 0 Å². The first-order valence-corrected chi connectivity index (χ1v) is 22.8. The normalized spacial score (nSPS) is 15.2. The van der Waals surface area contributed by atoms with Gasteiger partial charge >= 0.3 is 7.82 Å². The fourth-order valence-electron chi connectivity index (χ4n) is 5.91. The third kappa shape index (κ3) is 37.1. The second kappa shape index (κ2) is 38.7. The summed E-state index contributed by atoms with van der Waals surface area (Å²) < 4.78 is 22.0. The average molecular weight is 769 g/mol. The molecule has 4 unspecified atom stereocenters. The molecule has 9 nitrogen and oxygen atoms in total. The molecule has 0 aromatic rings. The van der Waals surface area contributed by atoms with Crippen LogP contribution in [0.4, 0.5) is 0 Å². The molecule has 0 aliphatic heterocycles. The van der Waals surface area contributed by atoms with Gasteiger partial charge in [0.1, 0.15) is 0 Å². The Morgan fingerprint density at radius 1 is 0.642 bits per heavy atom. The van der Waals surface area contributed by atoms with Crippen molar-refractivity contribution in [3.8, 4) is 0 Å². The Morgan fingerprint density at radius 2 is 1.08 bits per heavy atom. The van der Waals surface area contributed by atoms with Crippen LogP contribution in [-0.4, -0.2) is 59.0 Å². The molecule has 0 saturated heterocycles. The molecule has 0 bridgehead atoms. The van der Waals surface area contributed by atoms with Crippen LogP contribution >= 0.6 is 7.82 Å². The number of aliphatic hydroxyl groups is 2. The summed E-state index contributed by atoms with van der Waals surface area (Å²) in [6.45, 7) is 3.89. The molecule has 0 spiro atoms. The number of carbonyl (C=O) groups is 1. The van der Waals surface area contributed by atoms with E-state index in [0.29, 0.717) is 12.8 Å². The highest BCUT2D eigenvalue weighted by Crippen LogP contribution is 2.43. The molecule has 0 aliphatic rings. The molecule has 1 amide bonds. The zero-order valence-corrected chi connectivity index (χ0v) is 34.8. The van der Waals surface area contributed by atoms with Crippen molar-refractivity contribution in [3.63, 3.8) is 0 Å². The lowest BCUT2D eigenvalue weighted by Crippen LogP contribution is -2.46. The number of nitrogens with two attached hydrogens (primary N) is 1. The third-order valence-electron chi connectivity index (χ3n) is 9.16. The predicted molar refractivity (Wildman–Crippen MR) is 223 cm³/mol. The van der Waals surface area contributed by atoms with E-state index in [2.05, 4.69) is 55.6 Å². The molecule has 4 atom stereocenters. The number of phosphoric acid groups is 1. The minimum Gasteiger partial charge on any atom is -0.393 e. The molecule has 0 aromatic heterocycles. The van der Waals surface area contributed by atoms with Gasteiger partial charge in [-0.2, -0.15) is 0 Å². The van der Waals surface area contributed by atoms with Gasteiger partial charge in [0.15, 0.2) is 0 Å². The number of phosphoric ester groups is 1. The lowest BCUT2D eigenvalue weighted by atomic mass is 10.1. The van der Waals surface area contributed by atoms with Crippen LogP contribution in [0.15, 0.2) is 48.6 Å². The number of hydrogen-bond acceptors (Lipinski definition) is 7. The Kier molecular flexibility index (Phi) is 37.5. The monoisotopic (exact) mass is 769 g/mol. The van der Waals surface area contributed by atoms with E-state index in [9.17, 15) is 24.5 Å². The van der Waals surface area contributed by atoms with Crippen molar-refractivity contribution < 1.29 is 33.5 Å². The second-order valence-electron chi connectivity index (χ2n) is 14.4. The van der Waals surface area contributed by atoms with Gasteiger partial charge in [-0.25, -0.2) is 4.57 Å². The molecular weight excluding hydrogens is 687 g/mol. The number of amides is 1. The van der Waals surface area contributed by atoms with E-state index in [1.165, 1.54) is 89.9 Å². The molecule has 10 heteroatoms. The predicted octanol–water partition coefficient (Wildman–Crippen LogP) is 10.7. The molecule has 53 heavy (non-hydrogen) atoms. The number of hydrogen-bond donors (Lipinski definition) is 5. The standard InChI is InChI=1S/C43H81N2O7P/c1-3-5-7-9-11-13-15-16-17-18-19-20-21-22-23-24-25-27-29-31-33-35-42(47)41(39-52-53(49,50)51-37-36-44)45-43(48)38-40(46)34-32-30-28-26-14-12-10-8-6-4-2/h12,14,21-22,25,27,33,35,40-42,46-47H,3-11,13,15-20,23-24,26,28-32,34,36-39,44H2,1-2H3,(H,45,48)(H,49,50)/b14-12-,22-21+,27-25+,35-33+. The molecule has 0 heterocycles. The molecule has 310 valence electrons. The minimum atomic E-state index is -4.41. The summed E-state index contributed by atoms with van der Waals surface area (Å²) in [5.41, 5.74) is 5.35. The molecular formula is C43H81N2O7P. The molecule has 6 N–H and O–H groups in total. The van der Waals surface area contributed by atoms with E-state index < -0.39 is 38.6 Å². The fourth-order valence-corrected chi connectivity index (χ4v) is 6.67. The maximum Gasteiger partial charge on any atom is 0.472 e. The van der Waals surface area contributed by atoms with Crippen molar-refractivity contribution in [3.05, 3.63) is 48.6 Å². The minimum absolute atomic E-state index is 0.0394. The molecule has 0 radical (unpaired) electrons. The molecule has 0 rings (SSSR count). The summed E-state index contributed by atoms with van der Waals surface area (Å²) in [7, 11) is -4.41. The fraction of sp³-hybridized carbons (Fsp3) is 0.791. The van der Waals surface area contributed by atoms with Gasteiger partial charge in [-0.15, -0.1) is 0 Å². The Labute approximate surface area is 325 Å². The summed E-state index contributed by atoms with van der Waals surface area (Å²) >= 11 is 0. The van der Waals surface area contributed by atoms with Gasteiger partial charge in [0, 0.05) is 6.54 Å². The van der Waals surface area contributed by atoms with Crippen molar-refractivity contribution in [2.75, 3.05) is 19.8 Å². The smallest absolute Gasteiger partial charge is 0.393 e. The summed E-state index contributed by atoms with van der Waals surface area (Å²) in [5.74, 6) is -0.472. The summed E-state index contributed by atoms with van der Waals surface area (Å²) in [6.07, 6.45) is 43.5. The topological polar surface area (TPSA) is 151 Å². The Bertz CT molecular complexity index is 988. The molecule has 0 saturated carbocycles. The van der Waals surface area contributed by atoms with Crippen molar-refractivity contribution in [2.45, 2.75) is 199 Å². The lowest BCUT2D eigenvalue weighted by Gasteiger charge is -2.24. The van der Waals surface area contributed by atoms with Gasteiger partial charge in [-0.1, -0.05) is 152 Å². The van der Waals surface area contributed by atoms with E-state index in [0.717, 1.165) is 57.8 Å². The number of allylic oxidation sites excluding steroid dienone is 7. The van der Waals surface area contributed by atoms with Gasteiger partial charge in [-0.05, 0) is 70.6 Å². The first-order chi connectivity index (χ1) is 25.8. The van der Waals surface area contributed by atoms with Crippen molar-refractivity contribution in [2.24, 2.45) is 5.73 Å². The van der Waals surface area contributed by atoms with Gasteiger partial charge in [0.25, 0.3) is 0 Å². The summed E-state index contributed by atoms with van der Waals surface area (Å²) in [6, 6.07) is -1.01. The van der Waals surface area contributed by atoms with Gasteiger partial charge in [0.05, 0.1) is 37.9 Å². The highest BCUT2D eigenvalue weighted by molar-refractivity contribution is 7.47. The van der Waals surface area contributed by atoms with Crippen LogP contribution in [0.5, 0.6) is 0 Å². The van der Waals surface area contributed by atoms with Crippen molar-refractivity contribution >= 4 is 13.7 Å². The lowest BCUT2D eigenvalue weighted by molar-refractivity contribution is -0.124. The van der Waals surface area contributed by atoms with Gasteiger partial charge in [-0.3, -0.25) is 13.8 Å². The maximum absolute atomic E-state index is 12.7. The van der Waals surface area contributed by atoms with Crippen molar-refractivity contribution in [1.29, 1.82) is 0 Å². The van der Waals surface area contributed by atoms with E-state index >= 15 is 0 Å². The molecule has 0 aromatic carbocycles. The second-order valence-corrected chi connectivity index (χ2v) is 15.8. The van der Waals surface area contributed by atoms with E-state index in [1.807, 2.05) is 6.08 Å². The largest absolute Gasteiger partial charge is 0.472 e. The number of nitrogens with one attached hydrogen (secondary N) is 1. The van der Waals surface area contributed by atoms with Crippen LogP contribution in [0.25, 0.3) is 0 Å². The zero-order chi connectivity index (χ0) is 39.1. The first-order valence-electron chi connectivity index (χ1n) is 21.3. The zero-order valence-electron chi connectivity index (χ0n) is 33.9. The number of carbonyl (C=O) groups excluding carboxylic acids is 1. The Hall–Kier alpha value is -1.58. The average Bonchev–Trinajstić information content (AvgIpc) is 3.13. The highest BCUT2D eigenvalue weighted by atomic mass is 31.2. The van der Waals surface area contributed by atoms with E-state index in [1.54, 1.807) is 6.08 Å². The van der Waals surface area contributed by atoms with E-state index in [-0.39, 0.29) is 19.6 Å². The number of unbranched alkanes of at least 4 members (excludes halogenated alkanes) is 19.